The molecule has 1 fully saturated rings. The number of nitrogens with two attached hydrogens (primary N) is 10. The number of hydrogen-bond donors (Lipinski definition) is 19. The van der Waals surface area contributed by atoms with E-state index in [4.69, 9.17) is 71.5 Å². The molecule has 1 unspecified atom stereocenters. The van der Waals surface area contributed by atoms with Crippen LogP contribution in [0.25, 0.3) is 11.2 Å². The van der Waals surface area contributed by atoms with Crippen molar-refractivity contribution >= 4 is 82.2 Å². The molecule has 494 valence electrons. The minimum atomic E-state index is -1.59. The number of carbonyl (C=O) groups excluding carboxylic acids is 7. The number of nitrogen functional groups attached to an aromatic ring is 1. The number of imidazole rings is 1. The molecule has 3 heterocycles. The number of carbonyl (C=O) groups is 7. The van der Waals surface area contributed by atoms with E-state index < -0.39 is 96.1 Å². The lowest BCUT2D eigenvalue weighted by Crippen LogP contribution is -2.59. The fraction of sp³-hybridized carbons (Fsp3) is 0.686. The monoisotopic (exact) mass is 1250 g/mol. The van der Waals surface area contributed by atoms with Crippen LogP contribution in [0.1, 0.15) is 103 Å². The Labute approximate surface area is 509 Å². The van der Waals surface area contributed by atoms with Crippen molar-refractivity contribution in [2.75, 3.05) is 78.5 Å². The van der Waals surface area contributed by atoms with E-state index in [2.05, 4.69) is 72.1 Å². The van der Waals surface area contributed by atoms with E-state index in [0.717, 1.165) is 0 Å². The number of aromatic nitrogens is 4. The van der Waals surface area contributed by atoms with Crippen molar-refractivity contribution in [3.63, 3.8) is 0 Å². The first-order chi connectivity index (χ1) is 42.1. The van der Waals surface area contributed by atoms with E-state index in [9.17, 15) is 43.8 Å². The first-order valence-electron chi connectivity index (χ1n) is 29.1. The standard InChI is InChI=1S/C51H93N25O12/c1-86-25-26-87-24-23-63-41(80)29(11-4-5-17-52)72-43(82)31(13-8-20-65-49(56)57)74-45(84)33(15-10-22-67-51(60)61)75-44(83)32(14-9-21-66-50(58)59)73-42(81)30(12-7-19-64-48(54)55)71-34(77)16-3-2-6-18-62-46(85)38-36(78)37(79)47(88-38)76-28-70-35-39(53)68-27-69-40(35)76/h27-33,36-38,47,78-79H,2-26,52H2,1H3,(H,62,85)(H,63,80)(H,71,77)(H,72,82)(H,73,81)(H,74,84)(H,75,83)(H2,53,68,69)(H4,54,55,64)(H4,56,57,65)(H4,58,59,66)(H4,60,61,67)/t29?,30-,31-,32-,33-,36-,37+,38-,47+/m0/s1. The minimum Gasteiger partial charge on any atom is -0.387 e. The van der Waals surface area contributed by atoms with Gasteiger partial charge in [-0.15, -0.1) is 0 Å². The Morgan fingerprint density at radius 2 is 1.05 bits per heavy atom. The summed E-state index contributed by atoms with van der Waals surface area (Å²) in [6.45, 7) is 1.65. The molecule has 0 bridgehead atoms. The third-order valence-corrected chi connectivity index (χ3v) is 13.4. The van der Waals surface area contributed by atoms with Gasteiger partial charge in [0.05, 0.1) is 26.1 Å². The van der Waals surface area contributed by atoms with E-state index >= 15 is 0 Å². The minimum absolute atomic E-state index is 0.00745. The molecular weight excluding hydrogens is 1150 g/mol. The molecule has 37 heteroatoms. The molecule has 7 amide bonds. The lowest BCUT2D eigenvalue weighted by molar-refractivity contribution is -0.137. The molecule has 0 radical (unpaired) electrons. The SMILES string of the molecule is COCCOCCNC(=O)C(CCCCN)NC(=O)[C@H](CCCN=C(N)N)NC(=O)[C@H](CCCN=C(N)N)NC(=O)[C@H](CCCN=C(N)N)NC(=O)[C@H](CCCN=C(N)N)NC(=O)CCCCCNC(=O)[C@H]1O[C@@H](n2cnc3c(N)ncnc32)[C@H](O)[C@@H]1O. The molecule has 0 saturated carbocycles. The number of methoxy groups -OCH3 is 1. The smallest absolute Gasteiger partial charge is 0.252 e. The highest BCUT2D eigenvalue weighted by atomic mass is 16.6. The quantitative estimate of drug-likeness (QED) is 0.0166. The number of fused-ring (bicyclic) bond motifs is 1. The fourth-order valence-corrected chi connectivity index (χ4v) is 8.88. The molecule has 37 nitrogen and oxygen atoms in total. The number of nitrogens with one attached hydrogen (secondary N) is 7. The van der Waals surface area contributed by atoms with Crippen molar-refractivity contribution < 1.29 is 58.0 Å². The second-order valence-corrected chi connectivity index (χ2v) is 20.5. The van der Waals surface area contributed by atoms with E-state index in [-0.39, 0.29) is 151 Å². The number of guanidine groups is 4. The van der Waals surface area contributed by atoms with E-state index in [0.29, 0.717) is 51.9 Å². The largest absolute Gasteiger partial charge is 0.387 e. The molecule has 1 aliphatic heterocycles. The maximum absolute atomic E-state index is 14.5. The van der Waals surface area contributed by atoms with Gasteiger partial charge in [-0.1, -0.05) is 6.42 Å². The highest BCUT2D eigenvalue weighted by Gasteiger charge is 2.48. The van der Waals surface area contributed by atoms with Crippen LogP contribution < -0.4 is 94.6 Å². The van der Waals surface area contributed by atoms with Crippen molar-refractivity contribution in [2.45, 2.75) is 151 Å². The molecule has 29 N–H and O–H groups in total. The van der Waals surface area contributed by atoms with Crippen molar-refractivity contribution in [1.82, 2.24) is 56.7 Å². The van der Waals surface area contributed by atoms with Gasteiger partial charge in [-0.05, 0) is 90.0 Å². The molecule has 2 aromatic heterocycles. The van der Waals surface area contributed by atoms with Gasteiger partial charge >= 0.3 is 0 Å². The topological polar surface area (TPSA) is 625 Å². The van der Waals surface area contributed by atoms with Crippen molar-refractivity contribution in [3.05, 3.63) is 12.7 Å². The van der Waals surface area contributed by atoms with Crippen LogP contribution in [0.3, 0.4) is 0 Å². The average molecular weight is 1250 g/mol. The number of aliphatic hydroxyl groups is 2. The van der Waals surface area contributed by atoms with Crippen LogP contribution in [-0.4, -0.2) is 216 Å². The Bertz CT molecular complexity index is 2630. The summed E-state index contributed by atoms with van der Waals surface area (Å²) in [6, 6.07) is -6.33. The number of hydrogen-bond acceptors (Lipinski definition) is 21. The zero-order valence-corrected chi connectivity index (χ0v) is 49.9. The average Bonchev–Trinajstić information content (AvgIpc) is 2.07. The van der Waals surface area contributed by atoms with E-state index in [1.54, 1.807) is 0 Å². The number of unbranched alkanes of at least 4 members (excludes halogenated alkanes) is 3. The summed E-state index contributed by atoms with van der Waals surface area (Å²) in [4.78, 5) is 126. The van der Waals surface area contributed by atoms with Gasteiger partial charge in [-0.3, -0.25) is 58.1 Å². The summed E-state index contributed by atoms with van der Waals surface area (Å²) >= 11 is 0. The van der Waals surface area contributed by atoms with Gasteiger partial charge < -0.3 is 119 Å². The second kappa shape index (κ2) is 40.8. The number of rotatable bonds is 44. The highest BCUT2D eigenvalue weighted by Crippen LogP contribution is 2.32. The summed E-state index contributed by atoms with van der Waals surface area (Å²) in [5.41, 5.74) is 56.5. The van der Waals surface area contributed by atoms with Gasteiger partial charge in [-0.25, -0.2) is 15.0 Å². The lowest BCUT2D eigenvalue weighted by Gasteiger charge is -2.27. The summed E-state index contributed by atoms with van der Waals surface area (Å²) in [7, 11) is 1.53. The number of aliphatic hydroxyl groups excluding tert-OH is 2. The van der Waals surface area contributed by atoms with Crippen molar-refractivity contribution in [2.24, 2.45) is 71.6 Å². The third-order valence-electron chi connectivity index (χ3n) is 13.4. The Kier molecular flexibility index (Phi) is 34.2. The van der Waals surface area contributed by atoms with Gasteiger partial charge in [-0.2, -0.15) is 0 Å². The van der Waals surface area contributed by atoms with Gasteiger partial charge in [0.1, 0.15) is 54.3 Å². The molecule has 0 spiro atoms. The zero-order chi connectivity index (χ0) is 65.0. The Hall–Kier alpha value is -8.52. The number of aliphatic imine (C=N–C) groups is 4. The molecule has 2 aromatic rings. The van der Waals surface area contributed by atoms with Crippen LogP contribution in [-0.2, 0) is 47.8 Å². The number of amides is 7. The third kappa shape index (κ3) is 27.5. The molecule has 9 atom stereocenters. The van der Waals surface area contributed by atoms with Gasteiger partial charge in [0, 0.05) is 52.8 Å². The Morgan fingerprint density at radius 3 is 1.52 bits per heavy atom. The Balaban J connectivity index is 1.78. The second-order valence-electron chi connectivity index (χ2n) is 20.5. The van der Waals surface area contributed by atoms with Crippen molar-refractivity contribution in [1.29, 1.82) is 0 Å². The number of ether oxygens (including phenoxy) is 3. The van der Waals surface area contributed by atoms with Crippen LogP contribution >= 0.6 is 0 Å². The van der Waals surface area contributed by atoms with Crippen LogP contribution in [0.2, 0.25) is 0 Å². The van der Waals surface area contributed by atoms with Crippen LogP contribution in [0, 0.1) is 0 Å². The van der Waals surface area contributed by atoms with Gasteiger partial charge in [0.15, 0.2) is 47.6 Å². The van der Waals surface area contributed by atoms with Crippen LogP contribution in [0.5, 0.6) is 0 Å². The van der Waals surface area contributed by atoms with E-state index in [1.807, 2.05) is 0 Å². The summed E-state index contributed by atoms with van der Waals surface area (Å²) in [5.74, 6) is -5.66. The maximum Gasteiger partial charge on any atom is 0.252 e. The molecule has 3 rings (SSSR count). The van der Waals surface area contributed by atoms with Crippen LogP contribution in [0.15, 0.2) is 32.6 Å². The number of nitrogens with zero attached hydrogens (tertiary/aromatic N) is 8. The molecule has 0 aliphatic carbocycles. The molecular formula is C51H93N25O12. The molecule has 1 saturated heterocycles. The van der Waals surface area contributed by atoms with Gasteiger partial charge in [0.25, 0.3) is 5.91 Å². The molecule has 0 aromatic carbocycles. The first-order valence-corrected chi connectivity index (χ1v) is 29.1. The first kappa shape index (κ1) is 73.7. The summed E-state index contributed by atoms with van der Waals surface area (Å²) in [6.07, 6.45) is -0.466. The molecule has 1 aliphatic rings. The maximum atomic E-state index is 14.5. The van der Waals surface area contributed by atoms with E-state index in [1.165, 1.54) is 24.3 Å². The summed E-state index contributed by atoms with van der Waals surface area (Å²) < 4.78 is 17.5. The summed E-state index contributed by atoms with van der Waals surface area (Å²) in [5, 5.41) is 40.6. The Morgan fingerprint density at radius 1 is 0.568 bits per heavy atom. The lowest BCUT2D eigenvalue weighted by atomic mass is 10.0. The highest BCUT2D eigenvalue weighted by molar-refractivity contribution is 5.96. The fourth-order valence-electron chi connectivity index (χ4n) is 8.88. The predicted molar refractivity (Wildman–Crippen MR) is 325 cm³/mol. The van der Waals surface area contributed by atoms with Crippen LogP contribution in [0.4, 0.5) is 5.82 Å². The van der Waals surface area contributed by atoms with Crippen molar-refractivity contribution in [3.8, 4) is 0 Å². The predicted octanol–water partition coefficient (Wildman–Crippen LogP) is -7.75. The number of anilines is 1. The molecule has 88 heavy (non-hydrogen) atoms. The zero-order valence-electron chi connectivity index (χ0n) is 49.9. The normalized spacial score (nSPS) is 17.0. The van der Waals surface area contributed by atoms with Gasteiger partial charge in [0.2, 0.25) is 35.4 Å².